The van der Waals surface area contributed by atoms with E-state index in [1.165, 1.54) is 36.2 Å². The van der Waals surface area contributed by atoms with Gasteiger partial charge in [0, 0.05) is 6.61 Å². The lowest BCUT2D eigenvalue weighted by Gasteiger charge is -2.07. The van der Waals surface area contributed by atoms with Crippen LogP contribution in [-0.2, 0) is 3.79 Å². The fourth-order valence-corrected chi connectivity index (χ4v) is 5.24. The molecule has 0 bridgehead atoms. The highest BCUT2D eigenvalue weighted by molar-refractivity contribution is 6.52. The Morgan fingerprint density at radius 3 is 2.92 bits per heavy atom. The average Bonchev–Trinajstić information content (AvgIpc) is 2.50. The van der Waals surface area contributed by atoms with Crippen molar-refractivity contribution in [2.24, 2.45) is 5.92 Å². The number of unbranched alkanes of at least 4 members (excludes halogenated alkanes) is 1. The van der Waals surface area contributed by atoms with E-state index in [2.05, 4.69) is 13.8 Å². The molecule has 0 aromatic carbocycles. The van der Waals surface area contributed by atoms with E-state index in [0.717, 1.165) is 12.5 Å². The van der Waals surface area contributed by atoms with Crippen LogP contribution in [0.2, 0.25) is 10.6 Å². The van der Waals surface area contributed by atoms with Crippen LogP contribution < -0.4 is 0 Å². The summed E-state index contributed by atoms with van der Waals surface area (Å²) in [5.41, 5.74) is 0. The molecule has 0 amide bonds. The zero-order valence-electron chi connectivity index (χ0n) is 8.51. The molecule has 1 aliphatic rings. The third-order valence-corrected chi connectivity index (χ3v) is 5.84. The molecule has 1 rings (SSSR count). The lowest BCUT2D eigenvalue weighted by atomic mass is 10.0. The Labute approximate surface area is 81.2 Å². The van der Waals surface area contributed by atoms with Crippen LogP contribution in [0.1, 0.15) is 39.5 Å². The van der Waals surface area contributed by atoms with E-state index in [4.69, 9.17) is 3.79 Å². The van der Waals surface area contributed by atoms with Gasteiger partial charge in [-0.05, 0) is 6.92 Å². The summed E-state index contributed by atoms with van der Waals surface area (Å²) in [5, 5.41) is 2.91. The normalized spacial score (nSPS) is 23.5. The molecule has 12 heavy (non-hydrogen) atoms. The lowest BCUT2D eigenvalue weighted by molar-refractivity contribution is 0.344. The summed E-state index contributed by atoms with van der Waals surface area (Å²) in [6.07, 6.45) is 5.72. The highest BCUT2D eigenvalue weighted by Crippen LogP contribution is 2.30. The number of hydrogen-bond donors (Lipinski definition) is 0. The van der Waals surface area contributed by atoms with Crippen molar-refractivity contribution in [3.63, 3.8) is 0 Å². The van der Waals surface area contributed by atoms with Gasteiger partial charge in [-0.1, -0.05) is 49.1 Å². The van der Waals surface area contributed by atoms with Crippen molar-refractivity contribution < 1.29 is 3.79 Å². The van der Waals surface area contributed by atoms with Crippen molar-refractivity contribution >= 4 is 14.5 Å². The lowest BCUT2D eigenvalue weighted by Crippen LogP contribution is -2.12. The Balaban J connectivity index is 2.08. The smallest absolute Gasteiger partial charge is 0.461 e. The maximum atomic E-state index is 5.75. The molecule has 0 radical (unpaired) electrons. The Morgan fingerprint density at radius 1 is 1.42 bits per heavy atom. The molecule has 0 aromatic rings. The zero-order valence-corrected chi connectivity index (χ0v) is 9.67. The fraction of sp³-hybridized carbons (Fsp3) is 1.00. The van der Waals surface area contributed by atoms with Gasteiger partial charge in [-0.25, -0.2) is 0 Å². The first-order chi connectivity index (χ1) is 5.86. The standard InChI is InChI=1S/C8H16.C2H5O.Al/c1-4-6-7-8(3)5-2;1-2-3;/h8H,2-7H2,1H3;2H2,1H3;/q;-1;+1. The van der Waals surface area contributed by atoms with E-state index in [0.29, 0.717) is 0 Å². The third kappa shape index (κ3) is 3.48. The summed E-state index contributed by atoms with van der Waals surface area (Å²) >= 11 is -0.682. The van der Waals surface area contributed by atoms with E-state index < -0.39 is 14.5 Å². The molecule has 1 aliphatic heterocycles. The molecule has 0 saturated carbocycles. The summed E-state index contributed by atoms with van der Waals surface area (Å²) in [4.78, 5) is 0. The minimum atomic E-state index is -0.682. The van der Waals surface area contributed by atoms with Gasteiger partial charge in [0.1, 0.15) is 0 Å². The maximum absolute atomic E-state index is 5.75. The van der Waals surface area contributed by atoms with Crippen LogP contribution in [0.4, 0.5) is 0 Å². The second-order valence-corrected chi connectivity index (χ2v) is 6.52. The quantitative estimate of drug-likeness (QED) is 0.596. The minimum Gasteiger partial charge on any atom is -0.501 e. The van der Waals surface area contributed by atoms with E-state index in [1.807, 2.05) is 0 Å². The first kappa shape index (κ1) is 10.6. The first-order valence-electron chi connectivity index (χ1n) is 5.48. The van der Waals surface area contributed by atoms with Crippen molar-refractivity contribution in [1.29, 1.82) is 0 Å². The SMILES string of the molecule is CCCCC1C[CH2][Al]([O]CC)[CH2]1. The van der Waals surface area contributed by atoms with Gasteiger partial charge >= 0.3 is 14.5 Å². The molecule has 1 atom stereocenters. The van der Waals surface area contributed by atoms with Gasteiger partial charge in [-0.15, -0.1) is 0 Å². The van der Waals surface area contributed by atoms with Crippen LogP contribution >= 0.6 is 0 Å². The molecular weight excluding hydrogens is 163 g/mol. The Hall–Kier alpha value is 0.492. The molecule has 1 heterocycles. The summed E-state index contributed by atoms with van der Waals surface area (Å²) in [6.45, 7) is 5.37. The average molecular weight is 184 g/mol. The van der Waals surface area contributed by atoms with Crippen LogP contribution in [0.15, 0.2) is 0 Å². The number of rotatable bonds is 5. The van der Waals surface area contributed by atoms with Crippen molar-refractivity contribution in [2.75, 3.05) is 6.61 Å². The summed E-state index contributed by atoms with van der Waals surface area (Å²) < 4.78 is 5.75. The zero-order chi connectivity index (χ0) is 8.81. The van der Waals surface area contributed by atoms with E-state index in [-0.39, 0.29) is 0 Å². The van der Waals surface area contributed by atoms with Crippen LogP contribution in [0.3, 0.4) is 0 Å². The first-order valence-corrected chi connectivity index (χ1v) is 7.58. The van der Waals surface area contributed by atoms with E-state index in [9.17, 15) is 0 Å². The summed E-state index contributed by atoms with van der Waals surface area (Å²) in [6, 6.07) is 0. The molecule has 1 unspecified atom stereocenters. The maximum Gasteiger partial charge on any atom is 0.461 e. The molecule has 0 N–H and O–H groups in total. The highest BCUT2D eigenvalue weighted by atomic mass is 27.2. The number of hydrogen-bond acceptors (Lipinski definition) is 1. The van der Waals surface area contributed by atoms with Crippen molar-refractivity contribution in [3.05, 3.63) is 0 Å². The summed E-state index contributed by atoms with van der Waals surface area (Å²) in [5.74, 6) is 1.04. The van der Waals surface area contributed by atoms with Crippen molar-refractivity contribution in [2.45, 2.75) is 50.1 Å². The van der Waals surface area contributed by atoms with Crippen molar-refractivity contribution in [1.82, 2.24) is 0 Å². The topological polar surface area (TPSA) is 9.23 Å². The molecule has 0 aromatic heterocycles. The fourth-order valence-electron chi connectivity index (χ4n) is 2.17. The molecule has 2 heteroatoms. The Kier molecular flexibility index (Phi) is 5.31. The molecule has 0 spiro atoms. The molecular formula is C10H21AlO. The molecule has 1 saturated heterocycles. The predicted molar refractivity (Wildman–Crippen MR) is 54.6 cm³/mol. The van der Waals surface area contributed by atoms with Gasteiger partial charge in [0.2, 0.25) is 0 Å². The highest BCUT2D eigenvalue weighted by Gasteiger charge is 2.31. The van der Waals surface area contributed by atoms with Gasteiger partial charge in [-0.2, -0.15) is 0 Å². The molecule has 70 valence electrons. The van der Waals surface area contributed by atoms with Gasteiger partial charge in [0.15, 0.2) is 0 Å². The molecule has 1 fully saturated rings. The monoisotopic (exact) mass is 184 g/mol. The van der Waals surface area contributed by atoms with Crippen LogP contribution in [-0.4, -0.2) is 21.1 Å². The predicted octanol–water partition coefficient (Wildman–Crippen LogP) is 3.22. The van der Waals surface area contributed by atoms with Gasteiger partial charge in [0.25, 0.3) is 0 Å². The van der Waals surface area contributed by atoms with Gasteiger partial charge in [0.05, 0.1) is 0 Å². The van der Waals surface area contributed by atoms with Crippen LogP contribution in [0.5, 0.6) is 0 Å². The largest absolute Gasteiger partial charge is 0.501 e. The summed E-state index contributed by atoms with van der Waals surface area (Å²) in [7, 11) is 0. The van der Waals surface area contributed by atoms with Crippen LogP contribution in [0.25, 0.3) is 0 Å². The minimum absolute atomic E-state index is 0.682. The van der Waals surface area contributed by atoms with E-state index >= 15 is 0 Å². The Morgan fingerprint density at radius 2 is 2.25 bits per heavy atom. The second kappa shape index (κ2) is 6.02. The van der Waals surface area contributed by atoms with Gasteiger partial charge < -0.3 is 3.79 Å². The van der Waals surface area contributed by atoms with Crippen molar-refractivity contribution in [3.8, 4) is 0 Å². The van der Waals surface area contributed by atoms with E-state index in [1.54, 1.807) is 0 Å². The second-order valence-electron chi connectivity index (χ2n) is 3.90. The Bertz CT molecular complexity index is 116. The van der Waals surface area contributed by atoms with Crippen LogP contribution in [0, 0.1) is 5.92 Å². The molecule has 1 nitrogen and oxygen atoms in total. The molecule has 0 aliphatic carbocycles. The third-order valence-electron chi connectivity index (χ3n) is 2.86. The van der Waals surface area contributed by atoms with Gasteiger partial charge in [-0.3, -0.25) is 0 Å².